The number of rotatable bonds is 4. The number of anilines is 3. The predicted molar refractivity (Wildman–Crippen MR) is 102 cm³/mol. The highest BCUT2D eigenvalue weighted by Crippen LogP contribution is 2.21. The number of piperazine rings is 1. The maximum atomic E-state index is 9.32. The van der Waals surface area contributed by atoms with Gasteiger partial charge in [0.15, 0.2) is 0 Å². The van der Waals surface area contributed by atoms with Crippen molar-refractivity contribution in [3.63, 3.8) is 0 Å². The number of hydrogen-bond donors (Lipinski definition) is 1. The second kappa shape index (κ2) is 7.88. The zero-order valence-electron chi connectivity index (χ0n) is 14.9. The van der Waals surface area contributed by atoms with E-state index in [0.29, 0.717) is 0 Å². The minimum Gasteiger partial charge on any atom is -0.392 e. The van der Waals surface area contributed by atoms with Crippen LogP contribution in [-0.2, 0) is 11.3 Å². The highest BCUT2D eigenvalue weighted by Gasteiger charge is 2.19. The molecule has 7 nitrogen and oxygen atoms in total. The van der Waals surface area contributed by atoms with Crippen molar-refractivity contribution in [2.75, 3.05) is 67.2 Å². The summed E-state index contributed by atoms with van der Waals surface area (Å²) in [5, 5.41) is 9.32. The van der Waals surface area contributed by atoms with E-state index in [-0.39, 0.29) is 6.61 Å². The maximum Gasteiger partial charge on any atom is 0.225 e. The van der Waals surface area contributed by atoms with Gasteiger partial charge in [-0.15, -0.1) is 0 Å². The summed E-state index contributed by atoms with van der Waals surface area (Å²) in [4.78, 5) is 16.0. The van der Waals surface area contributed by atoms with Gasteiger partial charge in [0, 0.05) is 45.0 Å². The number of benzene rings is 1. The van der Waals surface area contributed by atoms with Crippen LogP contribution in [0.1, 0.15) is 5.56 Å². The molecular weight excluding hydrogens is 330 g/mol. The summed E-state index contributed by atoms with van der Waals surface area (Å²) in [7, 11) is 0. The average molecular weight is 355 g/mol. The molecule has 0 spiro atoms. The topological polar surface area (TPSA) is 65.0 Å². The molecule has 4 rings (SSSR count). The van der Waals surface area contributed by atoms with E-state index in [1.54, 1.807) is 0 Å². The molecule has 0 unspecified atom stereocenters. The number of aliphatic hydroxyl groups excluding tert-OH is 1. The zero-order valence-corrected chi connectivity index (χ0v) is 14.9. The Morgan fingerprint density at radius 2 is 1.50 bits per heavy atom. The number of aromatic nitrogens is 2. The number of hydrogen-bond acceptors (Lipinski definition) is 7. The van der Waals surface area contributed by atoms with Gasteiger partial charge in [0.25, 0.3) is 0 Å². The van der Waals surface area contributed by atoms with Crippen molar-refractivity contribution in [1.82, 2.24) is 9.97 Å². The van der Waals surface area contributed by atoms with Gasteiger partial charge in [-0.1, -0.05) is 12.1 Å². The Kier molecular flexibility index (Phi) is 5.17. The molecule has 7 heteroatoms. The fourth-order valence-electron chi connectivity index (χ4n) is 3.48. The van der Waals surface area contributed by atoms with Crippen LogP contribution in [0.15, 0.2) is 36.7 Å². The summed E-state index contributed by atoms with van der Waals surface area (Å²) in [5.41, 5.74) is 3.21. The van der Waals surface area contributed by atoms with Crippen LogP contribution in [0.4, 0.5) is 17.3 Å². The lowest BCUT2D eigenvalue weighted by atomic mass is 10.2. The smallest absolute Gasteiger partial charge is 0.225 e. The predicted octanol–water partition coefficient (Wildman–Crippen LogP) is 1.13. The van der Waals surface area contributed by atoms with E-state index >= 15 is 0 Å². The van der Waals surface area contributed by atoms with Crippen molar-refractivity contribution in [2.45, 2.75) is 6.61 Å². The monoisotopic (exact) mass is 355 g/mol. The molecule has 138 valence electrons. The van der Waals surface area contributed by atoms with Gasteiger partial charge in [0.2, 0.25) is 5.95 Å². The average Bonchev–Trinajstić information content (AvgIpc) is 2.75. The van der Waals surface area contributed by atoms with E-state index in [1.807, 2.05) is 24.5 Å². The molecule has 1 N–H and O–H groups in total. The first kappa shape index (κ1) is 17.1. The van der Waals surface area contributed by atoms with E-state index in [0.717, 1.165) is 69.7 Å². The van der Waals surface area contributed by atoms with E-state index in [9.17, 15) is 5.11 Å². The van der Waals surface area contributed by atoms with Crippen molar-refractivity contribution in [3.05, 3.63) is 42.2 Å². The van der Waals surface area contributed by atoms with Crippen molar-refractivity contribution in [3.8, 4) is 0 Å². The van der Waals surface area contributed by atoms with Gasteiger partial charge >= 0.3 is 0 Å². The Morgan fingerprint density at radius 3 is 2.15 bits per heavy atom. The largest absolute Gasteiger partial charge is 0.392 e. The summed E-state index contributed by atoms with van der Waals surface area (Å²) in [6.07, 6.45) is 3.86. The number of aliphatic hydroxyl groups is 1. The Bertz CT molecular complexity index is 710. The van der Waals surface area contributed by atoms with Crippen molar-refractivity contribution < 1.29 is 9.84 Å². The summed E-state index contributed by atoms with van der Waals surface area (Å²) < 4.78 is 5.38. The molecule has 0 radical (unpaired) electrons. The molecule has 0 saturated carbocycles. The van der Waals surface area contributed by atoms with Gasteiger partial charge < -0.3 is 24.5 Å². The SMILES string of the molecule is OCc1cccc(N2CCN(c3cnc(N4CCOCC4)nc3)CC2)c1. The summed E-state index contributed by atoms with van der Waals surface area (Å²) in [5.74, 6) is 0.788. The van der Waals surface area contributed by atoms with Crippen molar-refractivity contribution in [1.29, 1.82) is 0 Å². The molecular formula is C19H25N5O2. The molecule has 0 bridgehead atoms. The maximum absolute atomic E-state index is 9.32. The van der Waals surface area contributed by atoms with Crippen molar-refractivity contribution >= 4 is 17.3 Å². The normalized spacial score (nSPS) is 18.3. The Labute approximate surface area is 153 Å². The molecule has 0 atom stereocenters. The summed E-state index contributed by atoms with van der Waals surface area (Å²) >= 11 is 0. The van der Waals surface area contributed by atoms with Crippen LogP contribution >= 0.6 is 0 Å². The lowest BCUT2D eigenvalue weighted by Gasteiger charge is -2.37. The van der Waals surface area contributed by atoms with Gasteiger partial charge in [-0.3, -0.25) is 0 Å². The highest BCUT2D eigenvalue weighted by molar-refractivity contribution is 5.52. The minimum atomic E-state index is 0.0840. The fourth-order valence-corrected chi connectivity index (χ4v) is 3.48. The molecule has 1 aromatic carbocycles. The molecule has 2 fully saturated rings. The molecule has 1 aromatic heterocycles. The molecule has 2 saturated heterocycles. The third-order valence-electron chi connectivity index (χ3n) is 5.02. The van der Waals surface area contributed by atoms with Crippen LogP contribution in [0.2, 0.25) is 0 Å². The van der Waals surface area contributed by atoms with Gasteiger partial charge in [0.05, 0.1) is 37.9 Å². The second-order valence-electron chi connectivity index (χ2n) is 6.64. The Hall–Kier alpha value is -2.38. The minimum absolute atomic E-state index is 0.0840. The van der Waals surface area contributed by atoms with E-state index in [2.05, 4.69) is 36.8 Å². The molecule has 26 heavy (non-hydrogen) atoms. The Morgan fingerprint density at radius 1 is 0.846 bits per heavy atom. The summed E-state index contributed by atoms with van der Waals surface area (Å²) in [6.45, 7) is 7.03. The first-order valence-electron chi connectivity index (χ1n) is 9.18. The lowest BCUT2D eigenvalue weighted by molar-refractivity contribution is 0.122. The first-order chi connectivity index (χ1) is 12.8. The van der Waals surface area contributed by atoms with Gasteiger partial charge in [0.1, 0.15) is 0 Å². The second-order valence-corrected chi connectivity index (χ2v) is 6.64. The number of ether oxygens (including phenoxy) is 1. The number of nitrogens with zero attached hydrogens (tertiary/aromatic N) is 5. The lowest BCUT2D eigenvalue weighted by Crippen LogP contribution is -2.46. The molecule has 2 aromatic rings. The Balaban J connectivity index is 1.36. The number of morpholine rings is 1. The standard InChI is InChI=1S/C19H25N5O2/c25-15-16-2-1-3-17(12-16)22-4-6-23(7-5-22)18-13-20-19(21-14-18)24-8-10-26-11-9-24/h1-3,12-14,25H,4-11,15H2. The highest BCUT2D eigenvalue weighted by atomic mass is 16.5. The van der Waals surface area contributed by atoms with E-state index in [4.69, 9.17) is 4.74 Å². The molecule has 0 amide bonds. The van der Waals surface area contributed by atoms with Gasteiger partial charge in [-0.2, -0.15) is 0 Å². The van der Waals surface area contributed by atoms with Gasteiger partial charge in [-0.05, 0) is 17.7 Å². The third-order valence-corrected chi connectivity index (χ3v) is 5.02. The van der Waals surface area contributed by atoms with E-state index in [1.165, 1.54) is 5.69 Å². The summed E-state index contributed by atoms with van der Waals surface area (Å²) in [6, 6.07) is 8.13. The van der Waals surface area contributed by atoms with Crippen LogP contribution in [0.5, 0.6) is 0 Å². The van der Waals surface area contributed by atoms with Crippen LogP contribution in [0.3, 0.4) is 0 Å². The zero-order chi connectivity index (χ0) is 17.8. The molecule has 2 aliphatic rings. The van der Waals surface area contributed by atoms with Crippen LogP contribution in [0, 0.1) is 0 Å². The van der Waals surface area contributed by atoms with Crippen molar-refractivity contribution in [2.24, 2.45) is 0 Å². The van der Waals surface area contributed by atoms with Crippen LogP contribution in [-0.4, -0.2) is 67.6 Å². The van der Waals surface area contributed by atoms with Crippen LogP contribution < -0.4 is 14.7 Å². The van der Waals surface area contributed by atoms with Gasteiger partial charge in [-0.25, -0.2) is 9.97 Å². The quantitative estimate of drug-likeness (QED) is 0.882. The third kappa shape index (κ3) is 3.73. The molecule has 3 heterocycles. The first-order valence-corrected chi connectivity index (χ1v) is 9.18. The molecule has 0 aliphatic carbocycles. The fraction of sp³-hybridized carbons (Fsp3) is 0.474. The van der Waals surface area contributed by atoms with E-state index < -0.39 is 0 Å². The molecule has 2 aliphatic heterocycles. The van der Waals surface area contributed by atoms with Crippen LogP contribution in [0.25, 0.3) is 0 Å².